The Kier molecular flexibility index (Phi) is 10.8. The number of amides is 1. The highest BCUT2D eigenvalue weighted by atomic mass is 35.5. The number of unbranched alkanes of at least 4 members (excludes halogenated alkanes) is 3. The van der Waals surface area contributed by atoms with Crippen molar-refractivity contribution in [1.82, 2.24) is 14.9 Å². The van der Waals surface area contributed by atoms with E-state index in [0.717, 1.165) is 74.3 Å². The first-order chi connectivity index (χ1) is 19.0. The van der Waals surface area contributed by atoms with Gasteiger partial charge in [-0.15, -0.1) is 0 Å². The molecule has 1 amide bonds. The number of fused-ring (bicyclic) bond motifs is 1. The van der Waals surface area contributed by atoms with Crippen LogP contribution in [-0.4, -0.2) is 28.6 Å². The van der Waals surface area contributed by atoms with Crippen LogP contribution in [0, 0.1) is 0 Å². The summed E-state index contributed by atoms with van der Waals surface area (Å²) in [4.78, 5) is 17.1. The highest BCUT2D eigenvalue weighted by molar-refractivity contribution is 6.30. The minimum atomic E-state index is 0.0517. The molecule has 0 saturated heterocycles. The van der Waals surface area contributed by atoms with Crippen LogP contribution < -0.4 is 10.1 Å². The first-order valence-electron chi connectivity index (χ1n) is 14.2. The van der Waals surface area contributed by atoms with Crippen LogP contribution >= 0.6 is 11.6 Å². The number of carbonyl (C=O) groups excluding carboxylic acids is 1. The van der Waals surface area contributed by atoms with Crippen LogP contribution in [0.2, 0.25) is 5.02 Å². The highest BCUT2D eigenvalue weighted by Crippen LogP contribution is 2.26. The van der Waals surface area contributed by atoms with Crippen molar-refractivity contribution in [2.45, 2.75) is 71.3 Å². The van der Waals surface area contributed by atoms with E-state index in [1.54, 1.807) is 0 Å². The Morgan fingerprint density at radius 3 is 2.51 bits per heavy atom. The third-order valence-corrected chi connectivity index (χ3v) is 7.24. The number of carbonyl (C=O) groups is 1. The summed E-state index contributed by atoms with van der Waals surface area (Å²) in [7, 11) is 0. The molecule has 1 N–H and O–H groups in total. The molecule has 3 aromatic carbocycles. The Balaban J connectivity index is 1.20. The van der Waals surface area contributed by atoms with E-state index >= 15 is 0 Å². The standard InChI is InChI=1S/C33H40ClN3O2/c1-25(2)28-12-5-8-15-31(28)39-23-11-10-22-37-30-14-7-6-13-29(30)36-32(37)16-4-3-9-21-35-33(38)24-26-17-19-27(34)20-18-26/h5-8,12-15,17-20,25H,3-4,9-11,16,21-24H2,1-2H3,(H,35,38). The molecule has 0 atom stereocenters. The molecule has 6 heteroatoms. The highest BCUT2D eigenvalue weighted by Gasteiger charge is 2.11. The molecule has 0 aliphatic carbocycles. The van der Waals surface area contributed by atoms with Crippen LogP contribution in [-0.2, 0) is 24.2 Å². The molecule has 1 aromatic heterocycles. The monoisotopic (exact) mass is 545 g/mol. The van der Waals surface area contributed by atoms with Gasteiger partial charge in [-0.25, -0.2) is 4.98 Å². The number of aromatic nitrogens is 2. The third kappa shape index (κ3) is 8.59. The van der Waals surface area contributed by atoms with Gasteiger partial charge in [0.05, 0.1) is 24.1 Å². The van der Waals surface area contributed by atoms with Gasteiger partial charge < -0.3 is 14.6 Å². The molecule has 4 aromatic rings. The molecular formula is C33H40ClN3O2. The second-order valence-corrected chi connectivity index (χ2v) is 10.8. The lowest BCUT2D eigenvalue weighted by Gasteiger charge is -2.14. The van der Waals surface area contributed by atoms with E-state index in [-0.39, 0.29) is 5.91 Å². The zero-order valence-electron chi connectivity index (χ0n) is 23.2. The Morgan fingerprint density at radius 2 is 1.69 bits per heavy atom. The maximum Gasteiger partial charge on any atom is 0.224 e. The van der Waals surface area contributed by atoms with E-state index in [9.17, 15) is 4.79 Å². The average molecular weight is 546 g/mol. The van der Waals surface area contributed by atoms with E-state index in [0.29, 0.717) is 23.9 Å². The summed E-state index contributed by atoms with van der Waals surface area (Å²) in [5, 5.41) is 3.72. The molecule has 0 aliphatic heterocycles. The normalized spacial score (nSPS) is 11.3. The average Bonchev–Trinajstić information content (AvgIpc) is 3.29. The second kappa shape index (κ2) is 14.7. The van der Waals surface area contributed by atoms with Gasteiger partial charge in [0.25, 0.3) is 0 Å². The number of nitrogens with one attached hydrogen (secondary N) is 1. The number of rotatable bonds is 15. The predicted octanol–water partition coefficient (Wildman–Crippen LogP) is 7.74. The predicted molar refractivity (Wildman–Crippen MR) is 161 cm³/mol. The molecule has 0 spiro atoms. The summed E-state index contributed by atoms with van der Waals surface area (Å²) in [6.45, 7) is 6.75. The van der Waals surface area contributed by atoms with Gasteiger partial charge in [-0.3, -0.25) is 4.79 Å². The molecular weight excluding hydrogens is 506 g/mol. The number of para-hydroxylation sites is 3. The zero-order chi connectivity index (χ0) is 27.5. The van der Waals surface area contributed by atoms with Crippen molar-refractivity contribution < 1.29 is 9.53 Å². The molecule has 206 valence electrons. The van der Waals surface area contributed by atoms with E-state index in [2.05, 4.69) is 66.2 Å². The number of hydrogen-bond acceptors (Lipinski definition) is 3. The number of aryl methyl sites for hydroxylation is 2. The van der Waals surface area contributed by atoms with Crippen molar-refractivity contribution in [3.05, 3.63) is 94.8 Å². The fourth-order valence-electron chi connectivity index (χ4n) is 4.87. The number of hydrogen-bond donors (Lipinski definition) is 1. The van der Waals surface area contributed by atoms with E-state index in [1.165, 1.54) is 11.1 Å². The number of nitrogens with zero attached hydrogens (tertiary/aromatic N) is 2. The minimum absolute atomic E-state index is 0.0517. The summed E-state index contributed by atoms with van der Waals surface area (Å²) in [6, 6.07) is 24.2. The topological polar surface area (TPSA) is 56.1 Å². The molecule has 39 heavy (non-hydrogen) atoms. The molecule has 1 heterocycles. The van der Waals surface area contributed by atoms with Crippen molar-refractivity contribution in [3.63, 3.8) is 0 Å². The van der Waals surface area contributed by atoms with Gasteiger partial charge in [-0.1, -0.05) is 74.3 Å². The molecule has 0 bridgehead atoms. The largest absolute Gasteiger partial charge is 0.493 e. The van der Waals surface area contributed by atoms with Gasteiger partial charge in [0.15, 0.2) is 0 Å². The number of halogens is 1. The van der Waals surface area contributed by atoms with Gasteiger partial charge in [-0.05, 0) is 73.1 Å². The first-order valence-corrected chi connectivity index (χ1v) is 14.6. The second-order valence-electron chi connectivity index (χ2n) is 10.4. The molecule has 4 rings (SSSR count). The smallest absolute Gasteiger partial charge is 0.224 e. The Bertz CT molecular complexity index is 1330. The summed E-state index contributed by atoms with van der Waals surface area (Å²) in [5.74, 6) is 2.65. The quantitative estimate of drug-likeness (QED) is 0.155. The van der Waals surface area contributed by atoms with Crippen LogP contribution in [0.5, 0.6) is 5.75 Å². The van der Waals surface area contributed by atoms with Gasteiger partial charge >= 0.3 is 0 Å². The SMILES string of the molecule is CC(C)c1ccccc1OCCCCn1c(CCCCCNC(=O)Cc2ccc(Cl)cc2)nc2ccccc21. The molecule has 0 radical (unpaired) electrons. The molecule has 0 saturated carbocycles. The maximum absolute atomic E-state index is 12.2. The van der Waals surface area contributed by atoms with Crippen LogP contribution in [0.25, 0.3) is 11.0 Å². The van der Waals surface area contributed by atoms with Crippen molar-refractivity contribution in [2.24, 2.45) is 0 Å². The lowest BCUT2D eigenvalue weighted by atomic mass is 10.0. The fraction of sp³-hybridized carbons (Fsp3) is 0.394. The van der Waals surface area contributed by atoms with Gasteiger partial charge in [0, 0.05) is 24.5 Å². The van der Waals surface area contributed by atoms with Gasteiger partial charge in [0.1, 0.15) is 11.6 Å². The summed E-state index contributed by atoms with van der Waals surface area (Å²) in [5.41, 5.74) is 4.50. The molecule has 0 fully saturated rings. The Morgan fingerprint density at radius 1 is 0.923 bits per heavy atom. The van der Waals surface area contributed by atoms with Crippen LogP contribution in [0.1, 0.15) is 68.8 Å². The van der Waals surface area contributed by atoms with Gasteiger partial charge in [-0.2, -0.15) is 0 Å². The molecule has 5 nitrogen and oxygen atoms in total. The van der Waals surface area contributed by atoms with E-state index in [4.69, 9.17) is 21.3 Å². The van der Waals surface area contributed by atoms with Gasteiger partial charge in [0.2, 0.25) is 5.91 Å². The Hall–Kier alpha value is -3.31. The van der Waals surface area contributed by atoms with Crippen molar-refractivity contribution >= 4 is 28.5 Å². The molecule has 0 unspecified atom stereocenters. The first kappa shape index (κ1) is 28.7. The zero-order valence-corrected chi connectivity index (χ0v) is 23.9. The third-order valence-electron chi connectivity index (χ3n) is 6.99. The summed E-state index contributed by atoms with van der Waals surface area (Å²) >= 11 is 5.92. The van der Waals surface area contributed by atoms with E-state index in [1.807, 2.05) is 30.3 Å². The van der Waals surface area contributed by atoms with Crippen LogP contribution in [0.4, 0.5) is 0 Å². The van der Waals surface area contributed by atoms with E-state index < -0.39 is 0 Å². The minimum Gasteiger partial charge on any atom is -0.493 e. The Labute approximate surface area is 237 Å². The number of benzene rings is 3. The maximum atomic E-state index is 12.2. The van der Waals surface area contributed by atoms with Crippen molar-refractivity contribution in [3.8, 4) is 5.75 Å². The summed E-state index contributed by atoms with van der Waals surface area (Å²) < 4.78 is 8.51. The van der Waals surface area contributed by atoms with Crippen molar-refractivity contribution in [2.75, 3.05) is 13.2 Å². The summed E-state index contributed by atoms with van der Waals surface area (Å²) in [6.07, 6.45) is 6.41. The fourth-order valence-corrected chi connectivity index (χ4v) is 5.00. The van der Waals surface area contributed by atoms with Crippen molar-refractivity contribution in [1.29, 1.82) is 0 Å². The lowest BCUT2D eigenvalue weighted by molar-refractivity contribution is -0.120. The van der Waals surface area contributed by atoms with Crippen LogP contribution in [0.15, 0.2) is 72.8 Å². The number of imidazole rings is 1. The molecule has 0 aliphatic rings. The van der Waals surface area contributed by atoms with Crippen LogP contribution in [0.3, 0.4) is 0 Å². The lowest BCUT2D eigenvalue weighted by Crippen LogP contribution is -2.26. The number of ether oxygens (including phenoxy) is 1.